The third-order valence-corrected chi connectivity index (χ3v) is 3.48. The number of nitrogens with one attached hydrogen (secondary N) is 1. The molecule has 0 heterocycles. The van der Waals surface area contributed by atoms with Crippen LogP contribution in [0, 0.1) is 0 Å². The van der Waals surface area contributed by atoms with Gasteiger partial charge in [0.05, 0.1) is 16.7 Å². The van der Waals surface area contributed by atoms with Crippen molar-refractivity contribution in [3.05, 3.63) is 59.1 Å². The van der Waals surface area contributed by atoms with Crippen molar-refractivity contribution in [2.75, 3.05) is 13.2 Å². The first-order valence-corrected chi connectivity index (χ1v) is 7.97. The van der Waals surface area contributed by atoms with Crippen LogP contribution in [-0.2, 0) is 9.59 Å². The Balaban J connectivity index is 1.85. The fourth-order valence-electron chi connectivity index (χ4n) is 1.88. The maximum absolute atomic E-state index is 11.8. The van der Waals surface area contributed by atoms with Crippen LogP contribution >= 0.6 is 11.6 Å². The van der Waals surface area contributed by atoms with Crippen LogP contribution in [0.25, 0.3) is 0 Å². The van der Waals surface area contributed by atoms with Gasteiger partial charge in [0.15, 0.2) is 6.61 Å². The summed E-state index contributed by atoms with van der Waals surface area (Å²) in [6, 6.07) is 13.4. The fraction of sp³-hybridized carbons (Fsp3) is 0.167. The number of ether oxygens (including phenoxy) is 2. The number of benzene rings is 2. The predicted octanol–water partition coefficient (Wildman–Crippen LogP) is 1.39. The average Bonchev–Trinajstić information content (AvgIpc) is 2.64. The molecule has 0 saturated heterocycles. The summed E-state index contributed by atoms with van der Waals surface area (Å²) in [7, 11) is 0. The number of carbonyl (C=O) groups excluding carboxylic acids is 2. The van der Waals surface area contributed by atoms with E-state index < -0.39 is 18.5 Å². The van der Waals surface area contributed by atoms with Crippen LogP contribution in [-0.4, -0.2) is 30.8 Å². The molecule has 1 N–H and O–H groups in total. The number of nitrogens with zero attached hydrogens (tertiary/aromatic N) is 1. The van der Waals surface area contributed by atoms with E-state index >= 15 is 0 Å². The van der Waals surface area contributed by atoms with Crippen molar-refractivity contribution in [3.8, 4) is 11.5 Å². The Morgan fingerprint density at radius 3 is 2.42 bits per heavy atom. The van der Waals surface area contributed by atoms with Crippen molar-refractivity contribution in [3.63, 3.8) is 0 Å². The molecule has 0 aliphatic rings. The zero-order valence-electron chi connectivity index (χ0n) is 13.9. The summed E-state index contributed by atoms with van der Waals surface area (Å²) < 4.78 is 10.3. The lowest BCUT2D eigenvalue weighted by molar-refractivity contribution is -0.307. The number of carboxylic acids is 1. The highest BCUT2D eigenvalue weighted by Crippen LogP contribution is 2.22. The van der Waals surface area contributed by atoms with Crippen molar-refractivity contribution in [1.29, 1.82) is 0 Å². The molecule has 0 aromatic heterocycles. The van der Waals surface area contributed by atoms with Crippen LogP contribution in [0.15, 0.2) is 53.6 Å². The first kappa shape index (κ1) is 19.3. The molecule has 0 radical (unpaired) electrons. The van der Waals surface area contributed by atoms with Crippen molar-refractivity contribution < 1.29 is 24.2 Å². The number of hydrogen-bond acceptors (Lipinski definition) is 6. The zero-order chi connectivity index (χ0) is 18.9. The molecule has 0 atom stereocenters. The van der Waals surface area contributed by atoms with E-state index in [1.807, 2.05) is 0 Å². The second kappa shape index (κ2) is 9.43. The normalized spacial score (nSPS) is 10.9. The first-order valence-electron chi connectivity index (χ1n) is 7.59. The molecule has 0 saturated carbocycles. The minimum atomic E-state index is -1.30. The van der Waals surface area contributed by atoms with Gasteiger partial charge in [-0.15, -0.1) is 0 Å². The highest BCUT2D eigenvalue weighted by atomic mass is 35.5. The summed E-state index contributed by atoms with van der Waals surface area (Å²) in [5, 5.41) is 14.8. The fourth-order valence-corrected chi connectivity index (χ4v) is 2.07. The van der Waals surface area contributed by atoms with Gasteiger partial charge >= 0.3 is 0 Å². The molecule has 0 fully saturated rings. The summed E-state index contributed by atoms with van der Waals surface area (Å²) in [5.74, 6) is -0.924. The van der Waals surface area contributed by atoms with Gasteiger partial charge in [0.1, 0.15) is 18.1 Å². The topological polar surface area (TPSA) is 100 Å². The summed E-state index contributed by atoms with van der Waals surface area (Å²) in [6.07, 6.45) is 0. The molecule has 136 valence electrons. The lowest BCUT2D eigenvalue weighted by Crippen LogP contribution is -2.28. The maximum atomic E-state index is 11.8. The van der Waals surface area contributed by atoms with Crippen molar-refractivity contribution in [1.82, 2.24) is 5.43 Å². The van der Waals surface area contributed by atoms with Crippen LogP contribution in [0.1, 0.15) is 12.5 Å². The van der Waals surface area contributed by atoms with E-state index in [0.29, 0.717) is 22.2 Å². The van der Waals surface area contributed by atoms with Gasteiger partial charge in [-0.2, -0.15) is 5.10 Å². The summed E-state index contributed by atoms with van der Waals surface area (Å²) in [5.41, 5.74) is 3.68. The number of halogens is 1. The molecule has 2 aromatic rings. The molecule has 26 heavy (non-hydrogen) atoms. The molecule has 1 amide bonds. The molecule has 0 bridgehead atoms. The molecular formula is C18H16ClN2O5-. The number of carboxylic acid groups (broad SMARTS) is 1. The third-order valence-electron chi connectivity index (χ3n) is 3.17. The Labute approximate surface area is 155 Å². The Hall–Kier alpha value is -3.06. The van der Waals surface area contributed by atoms with Gasteiger partial charge in [-0.05, 0) is 48.9 Å². The Kier molecular flexibility index (Phi) is 6.99. The summed E-state index contributed by atoms with van der Waals surface area (Å²) in [4.78, 5) is 22.1. The second-order valence-electron chi connectivity index (χ2n) is 5.14. The summed E-state index contributed by atoms with van der Waals surface area (Å²) in [6.45, 7) is 0.969. The Morgan fingerprint density at radius 1 is 1.08 bits per heavy atom. The molecular weight excluding hydrogens is 360 g/mol. The minimum absolute atomic E-state index is 0.226. The summed E-state index contributed by atoms with van der Waals surface area (Å²) >= 11 is 5.94. The molecule has 7 nitrogen and oxygen atoms in total. The second-order valence-corrected chi connectivity index (χ2v) is 5.54. The first-order chi connectivity index (χ1) is 12.5. The minimum Gasteiger partial charge on any atom is -0.546 e. The van der Waals surface area contributed by atoms with Gasteiger partial charge in [-0.25, -0.2) is 5.43 Å². The quantitative estimate of drug-likeness (QED) is 0.555. The molecule has 0 spiro atoms. The van der Waals surface area contributed by atoms with E-state index in [1.165, 1.54) is 0 Å². The predicted molar refractivity (Wildman–Crippen MR) is 94.2 cm³/mol. The largest absolute Gasteiger partial charge is 0.546 e. The average molecular weight is 376 g/mol. The number of carbonyl (C=O) groups is 2. The van der Waals surface area contributed by atoms with Gasteiger partial charge in [0, 0.05) is 0 Å². The number of hydrogen-bond donors (Lipinski definition) is 1. The van der Waals surface area contributed by atoms with Crippen LogP contribution in [0.5, 0.6) is 11.5 Å². The van der Waals surface area contributed by atoms with Gasteiger partial charge < -0.3 is 19.4 Å². The number of para-hydroxylation sites is 1. The van der Waals surface area contributed by atoms with Gasteiger partial charge in [0.2, 0.25) is 0 Å². The van der Waals surface area contributed by atoms with E-state index in [2.05, 4.69) is 10.5 Å². The van der Waals surface area contributed by atoms with Crippen LogP contribution in [0.3, 0.4) is 0 Å². The van der Waals surface area contributed by atoms with E-state index in [1.54, 1.807) is 55.5 Å². The lowest BCUT2D eigenvalue weighted by Gasteiger charge is -2.08. The zero-order valence-corrected chi connectivity index (χ0v) is 14.7. The highest BCUT2D eigenvalue weighted by molar-refractivity contribution is 6.32. The van der Waals surface area contributed by atoms with Crippen LogP contribution in [0.2, 0.25) is 5.02 Å². The number of aliphatic carboxylic acids is 1. The lowest BCUT2D eigenvalue weighted by atomic mass is 10.1. The van der Waals surface area contributed by atoms with Crippen LogP contribution in [0.4, 0.5) is 0 Å². The van der Waals surface area contributed by atoms with Gasteiger partial charge in [-0.3, -0.25) is 4.79 Å². The van der Waals surface area contributed by atoms with Crippen LogP contribution < -0.4 is 20.0 Å². The number of hydrazone groups is 1. The highest BCUT2D eigenvalue weighted by Gasteiger charge is 2.05. The third kappa shape index (κ3) is 6.10. The number of rotatable bonds is 8. The van der Waals surface area contributed by atoms with Gasteiger partial charge in [0.25, 0.3) is 5.91 Å². The van der Waals surface area contributed by atoms with E-state index in [-0.39, 0.29) is 6.61 Å². The van der Waals surface area contributed by atoms with E-state index in [4.69, 9.17) is 21.1 Å². The Morgan fingerprint density at radius 2 is 1.77 bits per heavy atom. The smallest absolute Gasteiger partial charge is 0.277 e. The van der Waals surface area contributed by atoms with Crippen molar-refractivity contribution in [2.24, 2.45) is 5.10 Å². The molecule has 2 rings (SSSR count). The molecule has 8 heteroatoms. The van der Waals surface area contributed by atoms with E-state index in [9.17, 15) is 14.7 Å². The molecule has 0 aliphatic heterocycles. The Bertz CT molecular complexity index is 805. The number of amides is 1. The monoisotopic (exact) mass is 375 g/mol. The van der Waals surface area contributed by atoms with Crippen molar-refractivity contribution >= 4 is 29.2 Å². The molecule has 0 aliphatic carbocycles. The molecule has 0 unspecified atom stereocenters. The SMILES string of the molecule is C/C(=N/NC(=O)COc1ccccc1Cl)c1ccc(OCC(=O)[O-])cc1. The van der Waals surface area contributed by atoms with E-state index in [0.717, 1.165) is 5.56 Å². The molecule has 2 aromatic carbocycles. The standard InChI is InChI=1S/C18H17ClN2O5/c1-12(13-6-8-14(9-7-13)25-11-18(23)24)20-21-17(22)10-26-16-5-3-2-4-15(16)19/h2-9H,10-11H2,1H3,(H,21,22)(H,23,24)/p-1/b20-12-. The van der Waals surface area contributed by atoms with Crippen molar-refractivity contribution in [2.45, 2.75) is 6.92 Å². The van der Waals surface area contributed by atoms with Gasteiger partial charge in [-0.1, -0.05) is 23.7 Å². The maximum Gasteiger partial charge on any atom is 0.277 e.